The molecule has 0 atom stereocenters. The first kappa shape index (κ1) is 14.3. The first-order chi connectivity index (χ1) is 11.7. The molecule has 0 aliphatic heterocycles. The summed E-state index contributed by atoms with van der Waals surface area (Å²) in [7, 11) is 1.60. The maximum Gasteiger partial charge on any atom is 0.193 e. The number of methoxy groups -OCH3 is 1. The maximum atomic E-state index is 12.5. The molecule has 0 aliphatic carbocycles. The van der Waals surface area contributed by atoms with Gasteiger partial charge < -0.3 is 14.3 Å². The largest absolute Gasteiger partial charge is 0.507 e. The van der Waals surface area contributed by atoms with Gasteiger partial charge in [0.05, 0.1) is 12.5 Å². The van der Waals surface area contributed by atoms with Crippen LogP contribution >= 0.6 is 0 Å². The summed E-state index contributed by atoms with van der Waals surface area (Å²) in [5.41, 5.74) is 1.14. The summed E-state index contributed by atoms with van der Waals surface area (Å²) in [6.07, 6.45) is 0. The van der Waals surface area contributed by atoms with E-state index in [9.17, 15) is 9.90 Å². The van der Waals surface area contributed by atoms with Crippen molar-refractivity contribution in [3.8, 4) is 22.8 Å². The third-order valence-electron chi connectivity index (χ3n) is 4.10. The van der Waals surface area contributed by atoms with Gasteiger partial charge in [0.1, 0.15) is 22.8 Å². The van der Waals surface area contributed by atoms with E-state index in [0.717, 1.165) is 11.3 Å². The van der Waals surface area contributed by atoms with Gasteiger partial charge in [-0.1, -0.05) is 12.1 Å². The number of phenolic OH excluding ortho intramolecular Hbond substituents is 1. The average molecular weight is 318 g/mol. The molecule has 4 aromatic rings. The van der Waals surface area contributed by atoms with Crippen molar-refractivity contribution in [3.63, 3.8) is 0 Å². The quantitative estimate of drug-likeness (QED) is 0.559. The van der Waals surface area contributed by atoms with E-state index in [4.69, 9.17) is 9.15 Å². The summed E-state index contributed by atoms with van der Waals surface area (Å²) < 4.78 is 11.2. The number of hydrogen-bond donors (Lipinski definition) is 1. The molecule has 0 radical (unpaired) electrons. The van der Waals surface area contributed by atoms with Gasteiger partial charge in [0, 0.05) is 22.4 Å². The molecule has 0 spiro atoms. The minimum atomic E-state index is -0.118. The summed E-state index contributed by atoms with van der Waals surface area (Å²) in [5.74, 6) is 1.37. The van der Waals surface area contributed by atoms with E-state index in [1.165, 1.54) is 6.07 Å². The summed E-state index contributed by atoms with van der Waals surface area (Å²) in [4.78, 5) is 12.5. The molecular weight excluding hydrogens is 304 g/mol. The molecule has 0 saturated carbocycles. The molecule has 3 aromatic carbocycles. The van der Waals surface area contributed by atoms with Crippen LogP contribution < -0.4 is 10.2 Å². The second-order valence-corrected chi connectivity index (χ2v) is 5.52. The molecule has 1 heterocycles. The Hall–Kier alpha value is -3.27. The Kier molecular flexibility index (Phi) is 3.24. The molecule has 0 unspecified atom stereocenters. The highest BCUT2D eigenvalue weighted by Gasteiger charge is 2.11. The average Bonchev–Trinajstić information content (AvgIpc) is 2.62. The molecular formula is C20H14O4. The van der Waals surface area contributed by atoms with E-state index >= 15 is 0 Å². The fourth-order valence-corrected chi connectivity index (χ4v) is 2.85. The van der Waals surface area contributed by atoms with E-state index in [1.807, 2.05) is 30.3 Å². The maximum absolute atomic E-state index is 12.5. The van der Waals surface area contributed by atoms with Crippen molar-refractivity contribution < 1.29 is 14.3 Å². The first-order valence-corrected chi connectivity index (χ1v) is 7.50. The molecule has 0 aliphatic rings. The summed E-state index contributed by atoms with van der Waals surface area (Å²) >= 11 is 0. The van der Waals surface area contributed by atoms with Gasteiger partial charge in [0.2, 0.25) is 0 Å². The normalized spacial score (nSPS) is 11.0. The number of ether oxygens (including phenoxy) is 1. The van der Waals surface area contributed by atoms with Crippen molar-refractivity contribution in [1.82, 2.24) is 0 Å². The highest BCUT2D eigenvalue weighted by atomic mass is 16.5. The predicted octanol–water partition coefficient (Wildman–Crippen LogP) is 4.33. The van der Waals surface area contributed by atoms with Gasteiger partial charge in [0.15, 0.2) is 5.43 Å². The van der Waals surface area contributed by atoms with Crippen LogP contribution in [-0.4, -0.2) is 12.2 Å². The molecule has 0 bridgehead atoms. The first-order valence-electron chi connectivity index (χ1n) is 7.50. The second-order valence-electron chi connectivity index (χ2n) is 5.52. The Morgan fingerprint density at radius 1 is 0.917 bits per heavy atom. The van der Waals surface area contributed by atoms with Crippen molar-refractivity contribution in [2.45, 2.75) is 0 Å². The number of aromatic hydroxyl groups is 1. The Morgan fingerprint density at radius 2 is 1.67 bits per heavy atom. The Balaban J connectivity index is 2.02. The number of benzene rings is 3. The van der Waals surface area contributed by atoms with E-state index in [2.05, 4.69) is 0 Å². The Bertz CT molecular complexity index is 1110. The number of fused-ring (bicyclic) bond motifs is 3. The molecule has 0 saturated heterocycles. The van der Waals surface area contributed by atoms with Crippen LogP contribution in [-0.2, 0) is 0 Å². The zero-order valence-corrected chi connectivity index (χ0v) is 12.9. The van der Waals surface area contributed by atoms with Gasteiger partial charge in [-0.2, -0.15) is 0 Å². The third-order valence-corrected chi connectivity index (χ3v) is 4.10. The summed E-state index contributed by atoms with van der Waals surface area (Å²) in [6.45, 7) is 0. The van der Waals surface area contributed by atoms with Crippen molar-refractivity contribution in [3.05, 3.63) is 70.9 Å². The summed E-state index contributed by atoms with van der Waals surface area (Å²) in [6, 6.07) is 17.4. The van der Waals surface area contributed by atoms with Crippen LogP contribution in [0.2, 0.25) is 0 Å². The molecule has 118 valence electrons. The minimum absolute atomic E-state index is 0.118. The SMILES string of the molecule is COc1ccc(-c2cc(=O)c3ccc4c(O)cccc4c3o2)cc1. The van der Waals surface area contributed by atoms with E-state index in [1.54, 1.807) is 31.4 Å². The van der Waals surface area contributed by atoms with Crippen LogP contribution in [0.15, 0.2) is 69.9 Å². The van der Waals surface area contributed by atoms with Gasteiger partial charge in [-0.05, 0) is 42.5 Å². The van der Waals surface area contributed by atoms with Crippen molar-refractivity contribution >= 4 is 21.7 Å². The van der Waals surface area contributed by atoms with Crippen LogP contribution in [0.1, 0.15) is 0 Å². The third kappa shape index (κ3) is 2.20. The molecule has 4 heteroatoms. The fourth-order valence-electron chi connectivity index (χ4n) is 2.85. The lowest BCUT2D eigenvalue weighted by Crippen LogP contribution is -2.00. The lowest BCUT2D eigenvalue weighted by atomic mass is 10.0. The molecule has 4 nitrogen and oxygen atoms in total. The zero-order chi connectivity index (χ0) is 16.7. The van der Waals surface area contributed by atoms with Crippen LogP contribution in [0.4, 0.5) is 0 Å². The Morgan fingerprint density at radius 3 is 2.42 bits per heavy atom. The van der Waals surface area contributed by atoms with Gasteiger partial charge in [-0.15, -0.1) is 0 Å². The number of rotatable bonds is 2. The van der Waals surface area contributed by atoms with E-state index in [-0.39, 0.29) is 11.2 Å². The number of phenols is 1. The van der Waals surface area contributed by atoms with Gasteiger partial charge in [-0.25, -0.2) is 0 Å². The molecule has 24 heavy (non-hydrogen) atoms. The standard InChI is InChI=1S/C20H14O4/c1-23-13-7-5-12(6-8-13)19-11-18(22)16-10-9-14-15(20(16)24-19)3-2-4-17(14)21/h2-11,21H,1H3. The van der Waals surface area contributed by atoms with E-state index < -0.39 is 0 Å². The molecule has 1 N–H and O–H groups in total. The lowest BCUT2D eigenvalue weighted by Gasteiger charge is -2.07. The Labute approximate surface area is 137 Å². The van der Waals surface area contributed by atoms with Crippen molar-refractivity contribution in [2.75, 3.05) is 7.11 Å². The molecule has 0 amide bonds. The zero-order valence-electron chi connectivity index (χ0n) is 12.9. The highest BCUT2D eigenvalue weighted by Crippen LogP contribution is 2.32. The lowest BCUT2D eigenvalue weighted by molar-refractivity contribution is 0.415. The molecule has 4 rings (SSSR count). The van der Waals surface area contributed by atoms with Crippen molar-refractivity contribution in [1.29, 1.82) is 0 Å². The minimum Gasteiger partial charge on any atom is -0.507 e. The van der Waals surface area contributed by atoms with Crippen LogP contribution in [0, 0.1) is 0 Å². The monoisotopic (exact) mass is 318 g/mol. The summed E-state index contributed by atoms with van der Waals surface area (Å²) in [5, 5.41) is 11.9. The van der Waals surface area contributed by atoms with Gasteiger partial charge >= 0.3 is 0 Å². The predicted molar refractivity (Wildman–Crippen MR) is 93.6 cm³/mol. The highest BCUT2D eigenvalue weighted by molar-refractivity contribution is 6.06. The molecule has 1 aromatic heterocycles. The fraction of sp³-hybridized carbons (Fsp3) is 0.0500. The smallest absolute Gasteiger partial charge is 0.193 e. The van der Waals surface area contributed by atoms with E-state index in [0.29, 0.717) is 27.5 Å². The van der Waals surface area contributed by atoms with Gasteiger partial charge in [-0.3, -0.25) is 4.79 Å². The van der Waals surface area contributed by atoms with Crippen LogP contribution in [0.25, 0.3) is 33.1 Å². The topological polar surface area (TPSA) is 59.7 Å². The van der Waals surface area contributed by atoms with Crippen LogP contribution in [0.3, 0.4) is 0 Å². The number of hydrogen-bond acceptors (Lipinski definition) is 4. The van der Waals surface area contributed by atoms with Gasteiger partial charge in [0.25, 0.3) is 0 Å². The van der Waals surface area contributed by atoms with Crippen LogP contribution in [0.5, 0.6) is 11.5 Å². The molecule has 0 fully saturated rings. The van der Waals surface area contributed by atoms with Crippen molar-refractivity contribution in [2.24, 2.45) is 0 Å². The second kappa shape index (κ2) is 5.42.